The largest absolute Gasteiger partial charge is 0.480 e. The van der Waals surface area contributed by atoms with E-state index in [1.165, 1.54) is 0 Å². The van der Waals surface area contributed by atoms with Crippen LogP contribution in [0.1, 0.15) is 11.7 Å². The van der Waals surface area contributed by atoms with Gasteiger partial charge in [0, 0.05) is 12.6 Å². The minimum Gasteiger partial charge on any atom is -0.480 e. The Kier molecular flexibility index (Phi) is 4.91. The number of carboxylic acids is 1. The lowest BCUT2D eigenvalue weighted by molar-refractivity contribution is -0.136. The Morgan fingerprint density at radius 2 is 2.00 bits per heavy atom. The van der Waals surface area contributed by atoms with Gasteiger partial charge in [-0.3, -0.25) is 4.79 Å². The van der Waals surface area contributed by atoms with Crippen LogP contribution < -0.4 is 11.1 Å². The predicted molar refractivity (Wildman–Crippen MR) is 59.9 cm³/mol. The van der Waals surface area contributed by atoms with Crippen LogP contribution in [0.2, 0.25) is 0 Å². The van der Waals surface area contributed by atoms with Crippen molar-refractivity contribution in [2.75, 3.05) is 13.1 Å². The van der Waals surface area contributed by atoms with Crippen LogP contribution in [0, 0.1) is 0 Å². The zero-order chi connectivity index (χ0) is 12.0. The average molecular weight is 224 g/mol. The molecule has 1 aromatic carbocycles. The lowest BCUT2D eigenvalue weighted by atomic mass is 10.0. The van der Waals surface area contributed by atoms with Gasteiger partial charge in [0.1, 0.15) is 0 Å². The van der Waals surface area contributed by atoms with E-state index in [1.54, 1.807) is 12.1 Å². The third-order valence-corrected chi connectivity index (χ3v) is 2.20. The highest BCUT2D eigenvalue weighted by molar-refractivity contribution is 5.68. The molecular formula is C11H16N2O3. The van der Waals surface area contributed by atoms with Crippen molar-refractivity contribution in [3.8, 4) is 0 Å². The van der Waals surface area contributed by atoms with Gasteiger partial charge in [-0.25, -0.2) is 0 Å². The molecule has 0 radical (unpaired) electrons. The molecule has 0 amide bonds. The van der Waals surface area contributed by atoms with Crippen LogP contribution in [0.15, 0.2) is 30.3 Å². The molecule has 0 aliphatic heterocycles. The Hall–Kier alpha value is -1.43. The Morgan fingerprint density at radius 1 is 1.38 bits per heavy atom. The maximum absolute atomic E-state index is 10.3. The minimum absolute atomic E-state index is 0.158. The van der Waals surface area contributed by atoms with Crippen molar-refractivity contribution >= 4 is 5.97 Å². The maximum atomic E-state index is 10.3. The molecule has 0 saturated carbocycles. The smallest absolute Gasteiger partial charge is 0.317 e. The number of aliphatic hydroxyl groups is 1. The average Bonchev–Trinajstić information content (AvgIpc) is 2.28. The second-order valence-electron chi connectivity index (χ2n) is 3.54. The van der Waals surface area contributed by atoms with E-state index in [9.17, 15) is 9.90 Å². The van der Waals surface area contributed by atoms with Crippen LogP contribution in [0.5, 0.6) is 0 Å². The lowest BCUT2D eigenvalue weighted by Gasteiger charge is -2.19. The van der Waals surface area contributed by atoms with Gasteiger partial charge in [0.25, 0.3) is 0 Å². The van der Waals surface area contributed by atoms with Crippen molar-refractivity contribution in [2.24, 2.45) is 5.73 Å². The Balaban J connectivity index is 2.42. The normalized spacial score (nSPS) is 14.4. The Bertz CT molecular complexity index is 329. The number of hydrogen-bond acceptors (Lipinski definition) is 4. The zero-order valence-corrected chi connectivity index (χ0v) is 8.84. The first-order valence-corrected chi connectivity index (χ1v) is 5.02. The van der Waals surface area contributed by atoms with Gasteiger partial charge >= 0.3 is 5.97 Å². The van der Waals surface area contributed by atoms with Crippen molar-refractivity contribution in [1.29, 1.82) is 0 Å². The number of hydrogen-bond donors (Lipinski definition) is 4. The number of aliphatic carboxylic acids is 1. The van der Waals surface area contributed by atoms with Crippen molar-refractivity contribution in [2.45, 2.75) is 12.1 Å². The van der Waals surface area contributed by atoms with Gasteiger partial charge in [0.05, 0.1) is 12.6 Å². The molecule has 0 aliphatic carbocycles. The summed E-state index contributed by atoms with van der Waals surface area (Å²) in [6.45, 7) is 0.0948. The molecule has 0 aromatic heterocycles. The summed E-state index contributed by atoms with van der Waals surface area (Å²) in [5.74, 6) is -0.943. The molecule has 2 atom stereocenters. The van der Waals surface area contributed by atoms with E-state index in [-0.39, 0.29) is 13.1 Å². The topological polar surface area (TPSA) is 95.6 Å². The first-order chi connectivity index (χ1) is 7.61. The summed E-state index contributed by atoms with van der Waals surface area (Å²) in [7, 11) is 0. The minimum atomic E-state index is -0.943. The summed E-state index contributed by atoms with van der Waals surface area (Å²) in [5, 5.41) is 20.9. The molecule has 0 saturated heterocycles. The van der Waals surface area contributed by atoms with Crippen LogP contribution in [-0.2, 0) is 4.79 Å². The molecule has 0 aliphatic rings. The van der Waals surface area contributed by atoms with Crippen molar-refractivity contribution in [1.82, 2.24) is 5.32 Å². The van der Waals surface area contributed by atoms with Gasteiger partial charge in [0.15, 0.2) is 0 Å². The molecule has 88 valence electrons. The van der Waals surface area contributed by atoms with Crippen molar-refractivity contribution in [3.63, 3.8) is 0 Å². The van der Waals surface area contributed by atoms with Crippen molar-refractivity contribution < 1.29 is 15.0 Å². The molecule has 1 rings (SSSR count). The van der Waals surface area contributed by atoms with Crippen LogP contribution >= 0.6 is 0 Å². The first-order valence-electron chi connectivity index (χ1n) is 5.02. The molecule has 0 spiro atoms. The number of benzene rings is 1. The van der Waals surface area contributed by atoms with Crippen LogP contribution in [-0.4, -0.2) is 35.3 Å². The highest BCUT2D eigenvalue weighted by Gasteiger charge is 2.16. The molecular weight excluding hydrogens is 208 g/mol. The third-order valence-electron chi connectivity index (χ3n) is 2.20. The Labute approximate surface area is 93.9 Å². The van der Waals surface area contributed by atoms with E-state index in [2.05, 4.69) is 5.32 Å². The summed E-state index contributed by atoms with van der Waals surface area (Å²) in [4.78, 5) is 10.3. The molecule has 0 heterocycles. The van der Waals surface area contributed by atoms with Crippen molar-refractivity contribution in [3.05, 3.63) is 35.9 Å². The number of nitrogens with one attached hydrogen (secondary N) is 1. The molecule has 1 aromatic rings. The fourth-order valence-electron chi connectivity index (χ4n) is 1.35. The van der Waals surface area contributed by atoms with E-state index in [1.807, 2.05) is 18.2 Å². The quantitative estimate of drug-likeness (QED) is 0.533. The molecule has 0 fully saturated rings. The fraction of sp³-hybridized carbons (Fsp3) is 0.364. The van der Waals surface area contributed by atoms with Crippen LogP contribution in [0.3, 0.4) is 0 Å². The highest BCUT2D eigenvalue weighted by atomic mass is 16.4. The Morgan fingerprint density at radius 3 is 2.56 bits per heavy atom. The number of rotatable bonds is 6. The standard InChI is InChI=1S/C11H16N2O3/c12-9(6-13-7-10(14)15)11(16)8-4-2-1-3-5-8/h1-5,9,11,13,16H,6-7,12H2,(H,14,15). The summed E-state index contributed by atoms with van der Waals surface area (Å²) in [6.07, 6.45) is -0.789. The van der Waals surface area contributed by atoms with Gasteiger partial charge < -0.3 is 21.3 Å². The third kappa shape index (κ3) is 3.98. The van der Waals surface area contributed by atoms with Crippen LogP contribution in [0.25, 0.3) is 0 Å². The fourth-order valence-corrected chi connectivity index (χ4v) is 1.35. The second-order valence-corrected chi connectivity index (χ2v) is 3.54. The number of carbonyl (C=O) groups is 1. The molecule has 5 heteroatoms. The van der Waals surface area contributed by atoms with E-state index < -0.39 is 18.1 Å². The van der Waals surface area contributed by atoms with E-state index in [4.69, 9.17) is 10.8 Å². The molecule has 2 unspecified atom stereocenters. The summed E-state index contributed by atoms with van der Waals surface area (Å²) in [6, 6.07) is 8.52. The monoisotopic (exact) mass is 224 g/mol. The number of nitrogens with two attached hydrogens (primary N) is 1. The van der Waals surface area contributed by atoms with E-state index in [0.29, 0.717) is 0 Å². The predicted octanol–water partition coefficient (Wildman–Crippen LogP) is -0.278. The van der Waals surface area contributed by atoms with Gasteiger partial charge in [-0.05, 0) is 5.56 Å². The second kappa shape index (κ2) is 6.22. The summed E-state index contributed by atoms with van der Waals surface area (Å²) >= 11 is 0. The summed E-state index contributed by atoms with van der Waals surface area (Å²) < 4.78 is 0. The SMILES string of the molecule is NC(CNCC(=O)O)C(O)c1ccccc1. The number of carboxylic acid groups (broad SMARTS) is 1. The van der Waals surface area contributed by atoms with Gasteiger partial charge in [0.2, 0.25) is 0 Å². The maximum Gasteiger partial charge on any atom is 0.317 e. The molecule has 0 bridgehead atoms. The lowest BCUT2D eigenvalue weighted by Crippen LogP contribution is -2.40. The van der Waals surface area contributed by atoms with Gasteiger partial charge in [-0.1, -0.05) is 30.3 Å². The highest BCUT2D eigenvalue weighted by Crippen LogP contribution is 2.14. The van der Waals surface area contributed by atoms with Crippen LogP contribution in [0.4, 0.5) is 0 Å². The zero-order valence-electron chi connectivity index (χ0n) is 8.84. The van der Waals surface area contributed by atoms with E-state index in [0.717, 1.165) is 5.56 Å². The molecule has 16 heavy (non-hydrogen) atoms. The van der Waals surface area contributed by atoms with Gasteiger partial charge in [-0.2, -0.15) is 0 Å². The number of aliphatic hydroxyl groups excluding tert-OH is 1. The first kappa shape index (κ1) is 12.6. The van der Waals surface area contributed by atoms with Gasteiger partial charge in [-0.15, -0.1) is 0 Å². The van der Waals surface area contributed by atoms with E-state index >= 15 is 0 Å². The molecule has 5 nitrogen and oxygen atoms in total. The summed E-state index contributed by atoms with van der Waals surface area (Å²) in [5.41, 5.74) is 6.46. The molecule has 5 N–H and O–H groups in total.